The van der Waals surface area contributed by atoms with Crippen molar-refractivity contribution in [3.63, 3.8) is 0 Å². The van der Waals surface area contributed by atoms with Crippen LogP contribution >= 0.6 is 0 Å². The van der Waals surface area contributed by atoms with Crippen LogP contribution in [-0.2, 0) is 6.42 Å². The topological polar surface area (TPSA) is 33.4 Å². The molecular weight excluding hydrogens is 171 g/mol. The molecule has 0 bridgehead atoms. The molecule has 0 saturated heterocycles. The van der Waals surface area contributed by atoms with Crippen LogP contribution in [0.2, 0.25) is 0 Å². The fourth-order valence-electron chi connectivity index (χ4n) is 1.30. The van der Waals surface area contributed by atoms with Gasteiger partial charge in [-0.25, -0.2) is 4.39 Å². The van der Waals surface area contributed by atoms with E-state index < -0.39 is 0 Å². The third kappa shape index (κ3) is 1.55. The average Bonchev–Trinajstić information content (AvgIpc) is 2.46. The largest absolute Gasteiger partial charge is 0.461 e. The third-order valence-electron chi connectivity index (χ3n) is 1.89. The summed E-state index contributed by atoms with van der Waals surface area (Å²) < 4.78 is 18.1. The van der Waals surface area contributed by atoms with E-state index in [9.17, 15) is 4.39 Å². The summed E-state index contributed by atoms with van der Waals surface area (Å²) in [6.07, 6.45) is 0.469. The molecule has 0 fully saturated rings. The van der Waals surface area contributed by atoms with Gasteiger partial charge in [-0.15, -0.1) is 0 Å². The molecule has 2 nitrogen and oxygen atoms in total. The van der Waals surface area contributed by atoms with Crippen molar-refractivity contribution >= 4 is 11.0 Å². The van der Waals surface area contributed by atoms with E-state index in [0.717, 1.165) is 5.39 Å². The molecule has 0 aliphatic rings. The highest BCUT2D eigenvalue weighted by Crippen LogP contribution is 2.20. The van der Waals surface area contributed by atoms with Gasteiger partial charge in [-0.3, -0.25) is 0 Å². The second kappa shape index (κ2) is 3.18. The molecule has 13 heavy (non-hydrogen) atoms. The van der Waals surface area contributed by atoms with Gasteiger partial charge in [0.15, 0.2) is 0 Å². The molecule has 1 N–H and O–H groups in total. The van der Waals surface area contributed by atoms with Gasteiger partial charge < -0.3 is 9.52 Å². The second-order valence-corrected chi connectivity index (χ2v) is 2.87. The Bertz CT molecular complexity index is 420. The van der Waals surface area contributed by atoms with Crippen molar-refractivity contribution in [2.75, 3.05) is 6.61 Å². The van der Waals surface area contributed by atoms with Gasteiger partial charge in [0.2, 0.25) is 0 Å². The smallest absolute Gasteiger partial charge is 0.134 e. The molecule has 0 aliphatic carbocycles. The van der Waals surface area contributed by atoms with Crippen LogP contribution in [0.4, 0.5) is 4.39 Å². The van der Waals surface area contributed by atoms with Crippen LogP contribution in [-0.4, -0.2) is 11.7 Å². The van der Waals surface area contributed by atoms with Crippen LogP contribution in [0.25, 0.3) is 11.0 Å². The minimum absolute atomic E-state index is 0.0440. The van der Waals surface area contributed by atoms with E-state index in [1.165, 1.54) is 12.1 Å². The van der Waals surface area contributed by atoms with Crippen molar-refractivity contribution in [2.45, 2.75) is 6.42 Å². The predicted molar refractivity (Wildman–Crippen MR) is 47.0 cm³/mol. The first-order valence-corrected chi connectivity index (χ1v) is 4.08. The van der Waals surface area contributed by atoms with Gasteiger partial charge in [0.05, 0.1) is 6.61 Å². The highest BCUT2D eigenvalue weighted by atomic mass is 19.1. The molecule has 3 heteroatoms. The highest BCUT2D eigenvalue weighted by molar-refractivity contribution is 5.77. The van der Waals surface area contributed by atoms with E-state index >= 15 is 0 Å². The Morgan fingerprint density at radius 3 is 2.92 bits per heavy atom. The normalized spacial score (nSPS) is 10.9. The van der Waals surface area contributed by atoms with E-state index in [4.69, 9.17) is 9.52 Å². The lowest BCUT2D eigenvalue weighted by Gasteiger charge is -1.88. The fraction of sp³-hybridized carbons (Fsp3) is 0.200. The molecule has 2 rings (SSSR count). The first-order valence-electron chi connectivity index (χ1n) is 4.08. The summed E-state index contributed by atoms with van der Waals surface area (Å²) >= 11 is 0. The van der Waals surface area contributed by atoms with Crippen molar-refractivity contribution in [1.82, 2.24) is 0 Å². The molecule has 0 aliphatic heterocycles. The molecule has 1 heterocycles. The van der Waals surface area contributed by atoms with Crippen LogP contribution < -0.4 is 0 Å². The molecule has 0 spiro atoms. The maximum absolute atomic E-state index is 12.7. The van der Waals surface area contributed by atoms with Crippen molar-refractivity contribution in [1.29, 1.82) is 0 Å². The summed E-state index contributed by atoms with van der Waals surface area (Å²) in [5, 5.41) is 9.40. The Morgan fingerprint density at radius 2 is 2.15 bits per heavy atom. The predicted octanol–water partition coefficient (Wildman–Crippen LogP) is 2.11. The SMILES string of the molecule is OCCc1cc2cc(F)ccc2o1. The van der Waals surface area contributed by atoms with Gasteiger partial charge in [-0.2, -0.15) is 0 Å². The molecule has 0 amide bonds. The molecule has 0 atom stereocenters. The molecule has 2 aromatic rings. The molecule has 0 radical (unpaired) electrons. The number of hydrogen-bond donors (Lipinski definition) is 1. The summed E-state index contributed by atoms with van der Waals surface area (Å²) in [6, 6.07) is 6.11. The van der Waals surface area contributed by atoms with Crippen LogP contribution in [0.15, 0.2) is 28.7 Å². The zero-order valence-corrected chi connectivity index (χ0v) is 6.96. The van der Waals surface area contributed by atoms with Gasteiger partial charge in [-0.05, 0) is 24.3 Å². The van der Waals surface area contributed by atoms with Gasteiger partial charge >= 0.3 is 0 Å². The fourth-order valence-corrected chi connectivity index (χ4v) is 1.30. The first-order chi connectivity index (χ1) is 6.29. The van der Waals surface area contributed by atoms with Crippen molar-refractivity contribution in [3.8, 4) is 0 Å². The van der Waals surface area contributed by atoms with E-state index in [2.05, 4.69) is 0 Å². The van der Waals surface area contributed by atoms with Crippen molar-refractivity contribution < 1.29 is 13.9 Å². The van der Waals surface area contributed by atoms with Gasteiger partial charge in [0, 0.05) is 11.8 Å². The number of aliphatic hydroxyl groups is 1. The van der Waals surface area contributed by atoms with Crippen LogP contribution in [0.3, 0.4) is 0 Å². The second-order valence-electron chi connectivity index (χ2n) is 2.87. The summed E-state index contributed by atoms with van der Waals surface area (Å²) in [5.74, 6) is 0.409. The van der Waals surface area contributed by atoms with Crippen molar-refractivity contribution in [2.24, 2.45) is 0 Å². The molecule has 0 unspecified atom stereocenters. The lowest BCUT2D eigenvalue weighted by molar-refractivity contribution is 0.289. The summed E-state index contributed by atoms with van der Waals surface area (Å²) in [5.41, 5.74) is 0.657. The lowest BCUT2D eigenvalue weighted by Crippen LogP contribution is -1.85. The summed E-state index contributed by atoms with van der Waals surface area (Å²) in [7, 11) is 0. The number of halogens is 1. The number of rotatable bonds is 2. The number of benzene rings is 1. The highest BCUT2D eigenvalue weighted by Gasteiger charge is 2.03. The van der Waals surface area contributed by atoms with Crippen molar-refractivity contribution in [3.05, 3.63) is 35.8 Å². The standard InChI is InChI=1S/C10H9FO2/c11-8-1-2-10-7(5-8)6-9(13-10)3-4-12/h1-2,5-6,12H,3-4H2. The Kier molecular flexibility index (Phi) is 2.02. The van der Waals surface area contributed by atoms with E-state index in [0.29, 0.717) is 17.8 Å². The van der Waals surface area contributed by atoms with Gasteiger partial charge in [0.25, 0.3) is 0 Å². The number of fused-ring (bicyclic) bond motifs is 1. The third-order valence-corrected chi connectivity index (χ3v) is 1.89. The Morgan fingerprint density at radius 1 is 1.31 bits per heavy atom. The number of furan rings is 1. The summed E-state index contributed by atoms with van der Waals surface area (Å²) in [6.45, 7) is 0.0440. The monoisotopic (exact) mass is 180 g/mol. The van der Waals surface area contributed by atoms with Gasteiger partial charge in [0.1, 0.15) is 17.2 Å². The quantitative estimate of drug-likeness (QED) is 0.767. The molecule has 68 valence electrons. The molecule has 1 aromatic heterocycles. The van der Waals surface area contributed by atoms with E-state index in [1.807, 2.05) is 0 Å². The Hall–Kier alpha value is -1.35. The Balaban J connectivity index is 2.49. The average molecular weight is 180 g/mol. The number of aliphatic hydroxyl groups excluding tert-OH is 1. The first kappa shape index (κ1) is 8.26. The van der Waals surface area contributed by atoms with E-state index in [1.54, 1.807) is 12.1 Å². The molecule has 0 saturated carbocycles. The number of hydrogen-bond acceptors (Lipinski definition) is 2. The maximum Gasteiger partial charge on any atom is 0.134 e. The minimum Gasteiger partial charge on any atom is -0.461 e. The van der Waals surface area contributed by atoms with Crippen LogP contribution in [0, 0.1) is 5.82 Å². The zero-order chi connectivity index (χ0) is 9.26. The minimum atomic E-state index is -0.274. The molecular formula is C10H9FO2. The van der Waals surface area contributed by atoms with Gasteiger partial charge in [-0.1, -0.05) is 0 Å². The van der Waals surface area contributed by atoms with Crippen LogP contribution in [0.1, 0.15) is 5.76 Å². The van der Waals surface area contributed by atoms with Crippen LogP contribution in [0.5, 0.6) is 0 Å². The molecule has 1 aromatic carbocycles. The summed E-state index contributed by atoms with van der Waals surface area (Å²) in [4.78, 5) is 0. The van der Waals surface area contributed by atoms with E-state index in [-0.39, 0.29) is 12.4 Å². The maximum atomic E-state index is 12.7. The Labute approximate surface area is 74.6 Å². The lowest BCUT2D eigenvalue weighted by atomic mass is 10.2. The zero-order valence-electron chi connectivity index (χ0n) is 6.96.